The lowest BCUT2D eigenvalue weighted by atomic mass is 9.96. The van der Waals surface area contributed by atoms with Crippen molar-refractivity contribution in [2.75, 3.05) is 6.54 Å². The van der Waals surface area contributed by atoms with Gasteiger partial charge < -0.3 is 15.0 Å². The number of carboxylic acids is 1. The van der Waals surface area contributed by atoms with Gasteiger partial charge in [0.25, 0.3) is 5.91 Å². The summed E-state index contributed by atoms with van der Waals surface area (Å²) in [6, 6.07) is 10.2. The quantitative estimate of drug-likeness (QED) is 0.746. The number of hydrogen-bond acceptors (Lipinski definition) is 4. The van der Waals surface area contributed by atoms with Gasteiger partial charge in [-0.1, -0.05) is 30.3 Å². The van der Waals surface area contributed by atoms with E-state index in [1.54, 1.807) is 19.2 Å². The first kappa shape index (κ1) is 17.0. The molecule has 0 radical (unpaired) electrons. The van der Waals surface area contributed by atoms with Crippen LogP contribution in [0.4, 0.5) is 0 Å². The summed E-state index contributed by atoms with van der Waals surface area (Å²) < 4.78 is 0. The predicted molar refractivity (Wildman–Crippen MR) is 98.1 cm³/mol. The molecular weight excluding hydrogens is 344 g/mol. The average Bonchev–Trinajstić information content (AvgIpc) is 3.15. The number of nitrogens with zero attached hydrogens (tertiary/aromatic N) is 3. The van der Waals surface area contributed by atoms with E-state index in [0.717, 1.165) is 16.8 Å². The summed E-state index contributed by atoms with van der Waals surface area (Å²) in [7, 11) is 0. The number of aromatic nitrogens is 3. The van der Waals surface area contributed by atoms with E-state index in [-0.39, 0.29) is 5.91 Å². The molecule has 4 rings (SSSR count). The standard InChI is InChI=1S/C20H18N4O3/c1-12-16(14(7-9-21-12)13-5-3-2-4-6-13)19(25)24-10-8-15-17(23-11-22-15)18(24)20(26)27/h2-7,9,11,18H,8,10H2,1H3,(H,22,23)(H,26,27). The van der Waals surface area contributed by atoms with Gasteiger partial charge >= 0.3 is 5.97 Å². The average molecular weight is 362 g/mol. The van der Waals surface area contributed by atoms with Gasteiger partial charge in [-0.3, -0.25) is 9.78 Å². The molecule has 7 heteroatoms. The minimum absolute atomic E-state index is 0.299. The Morgan fingerprint density at radius 1 is 1.19 bits per heavy atom. The number of carbonyl (C=O) groups excluding carboxylic acids is 1. The third-order valence-electron chi connectivity index (χ3n) is 4.86. The summed E-state index contributed by atoms with van der Waals surface area (Å²) in [6.45, 7) is 2.06. The number of nitrogens with one attached hydrogen (secondary N) is 1. The minimum Gasteiger partial charge on any atom is -0.479 e. The number of benzene rings is 1. The van der Waals surface area contributed by atoms with E-state index in [1.807, 2.05) is 30.3 Å². The summed E-state index contributed by atoms with van der Waals surface area (Å²) in [5.74, 6) is -1.44. The zero-order valence-electron chi connectivity index (χ0n) is 14.7. The highest BCUT2D eigenvalue weighted by Crippen LogP contribution is 2.32. The van der Waals surface area contributed by atoms with E-state index in [9.17, 15) is 14.7 Å². The minimum atomic E-state index is -1.12. The maximum atomic E-state index is 13.4. The number of aromatic amines is 1. The van der Waals surface area contributed by atoms with Crippen LogP contribution in [0.2, 0.25) is 0 Å². The second-order valence-corrected chi connectivity index (χ2v) is 6.44. The van der Waals surface area contributed by atoms with Crippen LogP contribution in [0.3, 0.4) is 0 Å². The van der Waals surface area contributed by atoms with Crippen molar-refractivity contribution in [1.29, 1.82) is 0 Å². The molecule has 3 aromatic rings. The van der Waals surface area contributed by atoms with Gasteiger partial charge in [0.1, 0.15) is 0 Å². The van der Waals surface area contributed by atoms with Crippen LogP contribution in [0, 0.1) is 6.92 Å². The van der Waals surface area contributed by atoms with Crippen LogP contribution >= 0.6 is 0 Å². The third kappa shape index (κ3) is 2.87. The SMILES string of the molecule is Cc1nccc(-c2ccccc2)c1C(=O)N1CCc2[nH]cnc2C1C(=O)O. The first-order chi connectivity index (χ1) is 13.1. The lowest BCUT2D eigenvalue weighted by molar-refractivity contribution is -0.143. The van der Waals surface area contributed by atoms with Gasteiger partial charge in [-0.25, -0.2) is 9.78 Å². The Morgan fingerprint density at radius 3 is 2.70 bits per heavy atom. The first-order valence-electron chi connectivity index (χ1n) is 8.65. The van der Waals surface area contributed by atoms with Crippen molar-refractivity contribution in [1.82, 2.24) is 19.9 Å². The number of carbonyl (C=O) groups is 2. The summed E-state index contributed by atoms with van der Waals surface area (Å²) in [6.07, 6.45) is 3.66. The molecule has 1 aromatic carbocycles. The van der Waals surface area contributed by atoms with E-state index in [0.29, 0.717) is 29.9 Å². The number of fused-ring (bicyclic) bond motifs is 1. The number of amides is 1. The molecule has 0 fully saturated rings. The first-order valence-corrected chi connectivity index (χ1v) is 8.65. The molecule has 3 heterocycles. The number of hydrogen-bond donors (Lipinski definition) is 2. The molecule has 0 spiro atoms. The molecule has 1 aliphatic rings. The Labute approximate surface area is 155 Å². The van der Waals surface area contributed by atoms with Crippen molar-refractivity contribution in [3.8, 4) is 11.1 Å². The monoisotopic (exact) mass is 362 g/mol. The van der Waals surface area contributed by atoms with Crippen molar-refractivity contribution in [3.05, 3.63) is 71.6 Å². The zero-order chi connectivity index (χ0) is 19.0. The van der Waals surface area contributed by atoms with Crippen LogP contribution in [-0.2, 0) is 11.2 Å². The molecule has 0 saturated heterocycles. The highest BCUT2D eigenvalue weighted by Gasteiger charge is 2.39. The molecular formula is C20H18N4O3. The number of imidazole rings is 1. The molecule has 2 N–H and O–H groups in total. The summed E-state index contributed by atoms with van der Waals surface area (Å²) in [5, 5.41) is 9.76. The molecule has 7 nitrogen and oxygen atoms in total. The molecule has 27 heavy (non-hydrogen) atoms. The van der Waals surface area contributed by atoms with Crippen molar-refractivity contribution in [3.63, 3.8) is 0 Å². The van der Waals surface area contributed by atoms with Gasteiger partial charge in [-0.2, -0.15) is 0 Å². The van der Waals surface area contributed by atoms with E-state index in [4.69, 9.17) is 0 Å². The fourth-order valence-corrected chi connectivity index (χ4v) is 3.58. The number of rotatable bonds is 3. The Morgan fingerprint density at radius 2 is 1.96 bits per heavy atom. The summed E-state index contributed by atoms with van der Waals surface area (Å²) >= 11 is 0. The lowest BCUT2D eigenvalue weighted by Crippen LogP contribution is -2.44. The predicted octanol–water partition coefficient (Wildman–Crippen LogP) is 2.60. The largest absolute Gasteiger partial charge is 0.479 e. The van der Waals surface area contributed by atoms with Crippen molar-refractivity contribution >= 4 is 11.9 Å². The van der Waals surface area contributed by atoms with Gasteiger partial charge in [0.05, 0.1) is 23.3 Å². The number of pyridine rings is 1. The van der Waals surface area contributed by atoms with E-state index < -0.39 is 12.0 Å². The maximum absolute atomic E-state index is 13.4. The summed E-state index contributed by atoms with van der Waals surface area (Å²) in [5.41, 5.74) is 3.77. The van der Waals surface area contributed by atoms with Gasteiger partial charge in [0.2, 0.25) is 0 Å². The van der Waals surface area contributed by atoms with Gasteiger partial charge in [0.15, 0.2) is 6.04 Å². The Kier molecular flexibility index (Phi) is 4.19. The van der Waals surface area contributed by atoms with Crippen LogP contribution in [0.15, 0.2) is 48.9 Å². The van der Waals surface area contributed by atoms with E-state index in [1.165, 1.54) is 11.2 Å². The van der Waals surface area contributed by atoms with Gasteiger partial charge in [-0.05, 0) is 24.1 Å². The van der Waals surface area contributed by atoms with Crippen LogP contribution < -0.4 is 0 Å². The topological polar surface area (TPSA) is 99.2 Å². The van der Waals surface area contributed by atoms with E-state index >= 15 is 0 Å². The normalized spacial score (nSPS) is 16.0. The highest BCUT2D eigenvalue weighted by molar-refractivity contribution is 6.03. The number of aryl methyl sites for hydroxylation is 1. The van der Waals surface area contributed by atoms with Crippen LogP contribution in [0.5, 0.6) is 0 Å². The third-order valence-corrected chi connectivity index (χ3v) is 4.86. The van der Waals surface area contributed by atoms with Crippen molar-refractivity contribution < 1.29 is 14.7 Å². The molecule has 136 valence electrons. The molecule has 1 unspecified atom stereocenters. The van der Waals surface area contributed by atoms with Gasteiger partial charge in [-0.15, -0.1) is 0 Å². The fourth-order valence-electron chi connectivity index (χ4n) is 3.58. The second kappa shape index (κ2) is 6.68. The maximum Gasteiger partial charge on any atom is 0.332 e. The highest BCUT2D eigenvalue weighted by atomic mass is 16.4. The number of carboxylic acid groups (broad SMARTS) is 1. The Hall–Kier alpha value is -3.48. The summed E-state index contributed by atoms with van der Waals surface area (Å²) in [4.78, 5) is 38.1. The molecule has 0 bridgehead atoms. The smallest absolute Gasteiger partial charge is 0.332 e. The Bertz CT molecular complexity index is 1010. The molecule has 2 aromatic heterocycles. The fraction of sp³-hybridized carbons (Fsp3) is 0.200. The second-order valence-electron chi connectivity index (χ2n) is 6.44. The van der Waals surface area contributed by atoms with Crippen molar-refractivity contribution in [2.24, 2.45) is 0 Å². The molecule has 0 saturated carbocycles. The lowest BCUT2D eigenvalue weighted by Gasteiger charge is -2.33. The molecule has 1 atom stereocenters. The van der Waals surface area contributed by atoms with Gasteiger partial charge in [0, 0.05) is 24.9 Å². The Balaban J connectivity index is 1.81. The molecule has 1 amide bonds. The number of H-pyrrole nitrogens is 1. The van der Waals surface area contributed by atoms with Crippen LogP contribution in [0.25, 0.3) is 11.1 Å². The number of aliphatic carboxylic acids is 1. The zero-order valence-corrected chi connectivity index (χ0v) is 14.7. The van der Waals surface area contributed by atoms with Crippen LogP contribution in [-0.4, -0.2) is 43.4 Å². The van der Waals surface area contributed by atoms with Crippen LogP contribution in [0.1, 0.15) is 33.5 Å². The molecule has 0 aliphatic carbocycles. The van der Waals surface area contributed by atoms with E-state index in [2.05, 4.69) is 15.0 Å². The van der Waals surface area contributed by atoms with Crippen molar-refractivity contribution in [2.45, 2.75) is 19.4 Å². The molecule has 1 aliphatic heterocycles.